The van der Waals surface area contributed by atoms with Gasteiger partial charge in [0.05, 0.1) is 11.4 Å². The molecule has 0 radical (unpaired) electrons. The highest BCUT2D eigenvalue weighted by atomic mass is 32.2. The van der Waals surface area contributed by atoms with Crippen molar-refractivity contribution in [3.63, 3.8) is 0 Å². The van der Waals surface area contributed by atoms with E-state index in [4.69, 9.17) is 0 Å². The van der Waals surface area contributed by atoms with Crippen LogP contribution >= 0.6 is 11.8 Å². The van der Waals surface area contributed by atoms with Gasteiger partial charge in [0.1, 0.15) is 0 Å². The molecule has 2 aromatic carbocycles. The van der Waals surface area contributed by atoms with Crippen molar-refractivity contribution in [3.8, 4) is 0 Å². The van der Waals surface area contributed by atoms with Crippen LogP contribution in [-0.2, 0) is 4.79 Å². The van der Waals surface area contributed by atoms with Gasteiger partial charge >= 0.3 is 0 Å². The zero-order valence-corrected chi connectivity index (χ0v) is 12.0. The highest BCUT2D eigenvalue weighted by molar-refractivity contribution is 8.00. The summed E-state index contributed by atoms with van der Waals surface area (Å²) in [5.74, 6) is -2.41. The van der Waals surface area contributed by atoms with Crippen LogP contribution in [0.2, 0.25) is 0 Å². The van der Waals surface area contributed by atoms with Crippen molar-refractivity contribution >= 4 is 35.0 Å². The van der Waals surface area contributed by atoms with Gasteiger partial charge in [0.25, 0.3) is 5.91 Å². The van der Waals surface area contributed by atoms with Crippen molar-refractivity contribution in [2.45, 2.75) is 4.90 Å². The Hall–Kier alpha value is -2.41. The molecule has 1 heterocycles. The molecule has 0 aliphatic carbocycles. The summed E-state index contributed by atoms with van der Waals surface area (Å²) >= 11 is 1.41. The number of benzene rings is 2. The average Bonchev–Trinajstić information content (AvgIpc) is 2.49. The summed E-state index contributed by atoms with van der Waals surface area (Å²) < 4.78 is 26.0. The van der Waals surface area contributed by atoms with Crippen LogP contribution in [0.1, 0.15) is 10.4 Å². The number of carbonyl (C=O) groups excluding carboxylic acids is 2. The molecule has 112 valence electrons. The number of fused-ring (bicyclic) bond motifs is 1. The lowest BCUT2D eigenvalue weighted by Crippen LogP contribution is -2.19. The third-order valence-corrected chi connectivity index (χ3v) is 4.13. The van der Waals surface area contributed by atoms with Crippen LogP contribution < -0.4 is 10.6 Å². The van der Waals surface area contributed by atoms with Crippen LogP contribution in [0.3, 0.4) is 0 Å². The Kier molecular flexibility index (Phi) is 3.81. The van der Waals surface area contributed by atoms with Crippen molar-refractivity contribution in [1.29, 1.82) is 0 Å². The molecule has 1 aliphatic heterocycles. The lowest BCUT2D eigenvalue weighted by molar-refractivity contribution is -0.113. The molecule has 4 nitrogen and oxygen atoms in total. The second-order valence-electron chi connectivity index (χ2n) is 4.63. The minimum atomic E-state index is -1.08. The van der Waals surface area contributed by atoms with Crippen molar-refractivity contribution in [2.75, 3.05) is 16.4 Å². The van der Waals surface area contributed by atoms with E-state index < -0.39 is 17.5 Å². The molecular weight excluding hydrogens is 310 g/mol. The van der Waals surface area contributed by atoms with Crippen LogP contribution in [0.4, 0.5) is 20.2 Å². The molecule has 1 aliphatic rings. The monoisotopic (exact) mass is 320 g/mol. The Morgan fingerprint density at radius 1 is 1.14 bits per heavy atom. The minimum Gasteiger partial charge on any atom is -0.324 e. The van der Waals surface area contributed by atoms with Crippen LogP contribution in [0.25, 0.3) is 0 Å². The van der Waals surface area contributed by atoms with Gasteiger partial charge < -0.3 is 10.6 Å². The van der Waals surface area contributed by atoms with Crippen LogP contribution in [0, 0.1) is 11.6 Å². The SMILES string of the molecule is O=C1CSc2ccc(NC(=O)c3ccc(F)c(F)c3)cc2N1. The predicted octanol–water partition coefficient (Wildman–Crippen LogP) is 3.26. The predicted molar refractivity (Wildman–Crippen MR) is 80.1 cm³/mol. The smallest absolute Gasteiger partial charge is 0.255 e. The molecule has 22 heavy (non-hydrogen) atoms. The fourth-order valence-corrected chi connectivity index (χ4v) is 2.79. The van der Waals surface area contributed by atoms with Crippen LogP contribution in [-0.4, -0.2) is 17.6 Å². The standard InChI is InChI=1S/C15H10F2N2O2S/c16-10-3-1-8(5-11(10)17)15(21)18-9-2-4-13-12(6-9)19-14(20)7-22-13/h1-6H,7H2,(H,18,21)(H,19,20). The molecule has 0 saturated carbocycles. The third kappa shape index (κ3) is 2.94. The van der Waals surface area contributed by atoms with E-state index in [1.165, 1.54) is 17.8 Å². The first kappa shape index (κ1) is 14.5. The van der Waals surface area contributed by atoms with Crippen molar-refractivity contribution in [2.24, 2.45) is 0 Å². The van der Waals surface area contributed by atoms with Crippen molar-refractivity contribution in [1.82, 2.24) is 0 Å². The van der Waals surface area contributed by atoms with Gasteiger partial charge in [-0.05, 0) is 36.4 Å². The number of hydrogen-bond donors (Lipinski definition) is 2. The summed E-state index contributed by atoms with van der Waals surface area (Å²) in [6, 6.07) is 8.01. The first-order valence-corrected chi connectivity index (χ1v) is 7.34. The van der Waals surface area contributed by atoms with Crippen LogP contribution in [0.5, 0.6) is 0 Å². The molecule has 0 unspecified atom stereocenters. The first-order chi connectivity index (χ1) is 10.5. The fourth-order valence-electron chi connectivity index (χ4n) is 2.00. The number of anilines is 2. The van der Waals surface area contributed by atoms with Gasteiger partial charge in [0.15, 0.2) is 11.6 Å². The van der Waals surface area contributed by atoms with Gasteiger partial charge in [0, 0.05) is 16.1 Å². The first-order valence-electron chi connectivity index (χ1n) is 6.36. The molecule has 0 spiro atoms. The summed E-state index contributed by atoms with van der Waals surface area (Å²) in [5, 5.41) is 5.29. The minimum absolute atomic E-state index is 0.00929. The Morgan fingerprint density at radius 3 is 2.73 bits per heavy atom. The summed E-state index contributed by atoms with van der Waals surface area (Å²) in [4.78, 5) is 24.3. The topological polar surface area (TPSA) is 58.2 Å². The molecule has 0 fully saturated rings. The van der Waals surface area contributed by atoms with E-state index in [1.54, 1.807) is 18.2 Å². The maximum Gasteiger partial charge on any atom is 0.255 e. The Bertz CT molecular complexity index is 780. The Morgan fingerprint density at radius 2 is 1.95 bits per heavy atom. The molecule has 0 saturated heterocycles. The number of thioether (sulfide) groups is 1. The number of halogens is 2. The van der Waals surface area contributed by atoms with E-state index in [0.29, 0.717) is 17.1 Å². The quantitative estimate of drug-likeness (QED) is 0.893. The number of carbonyl (C=O) groups is 2. The second kappa shape index (κ2) is 5.76. The maximum absolute atomic E-state index is 13.1. The van der Waals surface area contributed by atoms with E-state index in [2.05, 4.69) is 10.6 Å². The highest BCUT2D eigenvalue weighted by Crippen LogP contribution is 2.33. The molecule has 7 heteroatoms. The zero-order valence-electron chi connectivity index (χ0n) is 11.2. The zero-order chi connectivity index (χ0) is 15.7. The fraction of sp³-hybridized carbons (Fsp3) is 0.0667. The van der Waals surface area contributed by atoms with Gasteiger partial charge in [-0.15, -0.1) is 11.8 Å². The van der Waals surface area contributed by atoms with Crippen LogP contribution in [0.15, 0.2) is 41.3 Å². The number of nitrogens with one attached hydrogen (secondary N) is 2. The lowest BCUT2D eigenvalue weighted by Gasteiger charge is -2.17. The van der Waals surface area contributed by atoms with E-state index in [1.807, 2.05) is 0 Å². The molecule has 2 N–H and O–H groups in total. The second-order valence-corrected chi connectivity index (χ2v) is 5.65. The summed E-state index contributed by atoms with van der Waals surface area (Å²) in [7, 11) is 0. The summed E-state index contributed by atoms with van der Waals surface area (Å²) in [5.41, 5.74) is 1.08. The normalized spacial score (nSPS) is 13.3. The van der Waals surface area contributed by atoms with Gasteiger partial charge in [-0.2, -0.15) is 0 Å². The molecular formula is C15H10F2N2O2S. The largest absolute Gasteiger partial charge is 0.324 e. The molecule has 2 amide bonds. The van der Waals surface area contributed by atoms with E-state index >= 15 is 0 Å². The summed E-state index contributed by atoms with van der Waals surface area (Å²) in [6.45, 7) is 0. The van der Waals surface area contributed by atoms with Crippen molar-refractivity contribution < 1.29 is 18.4 Å². The third-order valence-electron chi connectivity index (χ3n) is 3.05. The van der Waals surface area contributed by atoms with Gasteiger partial charge in [-0.25, -0.2) is 8.78 Å². The number of amides is 2. The lowest BCUT2D eigenvalue weighted by atomic mass is 10.2. The number of hydrogen-bond acceptors (Lipinski definition) is 3. The van der Waals surface area contributed by atoms with E-state index in [-0.39, 0.29) is 11.5 Å². The molecule has 0 atom stereocenters. The Balaban J connectivity index is 1.80. The van der Waals surface area contributed by atoms with Gasteiger partial charge in [-0.3, -0.25) is 9.59 Å². The average molecular weight is 320 g/mol. The highest BCUT2D eigenvalue weighted by Gasteiger charge is 2.16. The number of rotatable bonds is 2. The van der Waals surface area contributed by atoms with Gasteiger partial charge in [0.2, 0.25) is 5.91 Å². The van der Waals surface area contributed by atoms with Gasteiger partial charge in [-0.1, -0.05) is 0 Å². The molecule has 0 bridgehead atoms. The van der Waals surface area contributed by atoms with E-state index in [9.17, 15) is 18.4 Å². The maximum atomic E-state index is 13.1. The molecule has 0 aromatic heterocycles. The van der Waals surface area contributed by atoms with E-state index in [0.717, 1.165) is 17.0 Å². The Labute approximate surface area is 128 Å². The summed E-state index contributed by atoms with van der Waals surface area (Å²) in [6.07, 6.45) is 0. The molecule has 2 aromatic rings. The van der Waals surface area contributed by atoms with Crippen molar-refractivity contribution in [3.05, 3.63) is 53.6 Å². The molecule has 3 rings (SSSR count).